The summed E-state index contributed by atoms with van der Waals surface area (Å²) < 4.78 is 22.0. The predicted octanol–water partition coefficient (Wildman–Crippen LogP) is 1.84. The van der Waals surface area contributed by atoms with E-state index in [0.717, 1.165) is 12.8 Å². The summed E-state index contributed by atoms with van der Waals surface area (Å²) in [4.78, 5) is 0. The van der Waals surface area contributed by atoms with Gasteiger partial charge in [0, 0.05) is 33.6 Å². The normalized spacial score (nSPS) is 14.6. The van der Waals surface area contributed by atoms with Gasteiger partial charge >= 0.3 is 17.8 Å². The Morgan fingerprint density at radius 1 is 1.07 bits per heavy atom. The van der Waals surface area contributed by atoms with Gasteiger partial charge in [0.05, 0.1) is 0 Å². The summed E-state index contributed by atoms with van der Waals surface area (Å²) in [5, 5.41) is 0.289. The second-order valence-corrected chi connectivity index (χ2v) is 9.77. The fourth-order valence-electron chi connectivity index (χ4n) is 1.62. The van der Waals surface area contributed by atoms with Crippen LogP contribution in [0.15, 0.2) is 0 Å². The molecule has 1 unspecified atom stereocenters. The molecule has 0 aromatic heterocycles. The maximum Gasteiger partial charge on any atom is 0.389 e. The third-order valence-electron chi connectivity index (χ3n) is 2.71. The highest BCUT2D eigenvalue weighted by Gasteiger charge is 2.46. The van der Waals surface area contributed by atoms with Crippen LogP contribution in [0.4, 0.5) is 0 Å². The minimum absolute atomic E-state index is 0.289. The molecule has 4 nitrogen and oxygen atoms in total. The summed E-state index contributed by atoms with van der Waals surface area (Å²) in [6, 6.07) is 0. The van der Waals surface area contributed by atoms with Gasteiger partial charge in [-0.3, -0.25) is 0 Å². The topological polar surface area (TPSA) is 36.9 Å². The lowest BCUT2D eigenvalue weighted by Gasteiger charge is -2.33. The maximum atomic E-state index is 5.57. The molecule has 0 aliphatic heterocycles. The molecule has 0 saturated carbocycles. The van der Waals surface area contributed by atoms with Crippen molar-refractivity contribution in [3.63, 3.8) is 0 Å². The molecule has 1 atom stereocenters. The standard InChI is InChI=1S/C9H23O4Si2/c1-7-8-9(14(10-2)11-3)15(6,12-4)13-5/h9H,7-8H2,1-6H3. The second-order valence-electron chi connectivity index (χ2n) is 3.49. The quantitative estimate of drug-likeness (QED) is 0.617. The molecule has 0 fully saturated rings. The van der Waals surface area contributed by atoms with Crippen molar-refractivity contribution in [3.8, 4) is 0 Å². The molecular formula is C9H23O4Si2. The molecule has 0 aliphatic rings. The summed E-state index contributed by atoms with van der Waals surface area (Å²) in [7, 11) is 3.36. The van der Waals surface area contributed by atoms with Crippen LogP contribution >= 0.6 is 0 Å². The van der Waals surface area contributed by atoms with Crippen molar-refractivity contribution in [1.82, 2.24) is 0 Å². The Morgan fingerprint density at radius 2 is 1.53 bits per heavy atom. The molecule has 15 heavy (non-hydrogen) atoms. The molecule has 0 saturated heterocycles. The zero-order valence-electron chi connectivity index (χ0n) is 10.6. The molecule has 0 amide bonds. The molecule has 0 N–H and O–H groups in total. The SMILES string of the molecule is CCCC([Si](OC)OC)[Si](C)(OC)OC. The largest absolute Gasteiger partial charge is 0.398 e. The number of hydrogen-bond acceptors (Lipinski definition) is 4. The van der Waals surface area contributed by atoms with E-state index >= 15 is 0 Å². The molecule has 0 spiro atoms. The first-order valence-electron chi connectivity index (χ1n) is 5.14. The van der Waals surface area contributed by atoms with E-state index in [1.54, 1.807) is 28.4 Å². The van der Waals surface area contributed by atoms with Crippen LogP contribution in [-0.2, 0) is 17.7 Å². The van der Waals surface area contributed by atoms with Crippen LogP contribution in [0.2, 0.25) is 11.7 Å². The molecule has 0 rings (SSSR count). The highest BCUT2D eigenvalue weighted by molar-refractivity contribution is 6.79. The first kappa shape index (κ1) is 15.3. The Hall–Kier alpha value is 0.274. The van der Waals surface area contributed by atoms with Crippen LogP contribution in [0, 0.1) is 0 Å². The summed E-state index contributed by atoms with van der Waals surface area (Å²) in [6.45, 7) is 4.22. The van der Waals surface area contributed by atoms with Crippen LogP contribution in [0.3, 0.4) is 0 Å². The van der Waals surface area contributed by atoms with Gasteiger partial charge in [-0.15, -0.1) is 0 Å². The molecule has 0 aromatic rings. The van der Waals surface area contributed by atoms with Crippen molar-refractivity contribution in [2.75, 3.05) is 28.4 Å². The first-order chi connectivity index (χ1) is 7.09. The van der Waals surface area contributed by atoms with Gasteiger partial charge in [-0.05, 0) is 13.0 Å². The first-order valence-corrected chi connectivity index (χ1v) is 8.93. The maximum absolute atomic E-state index is 5.57. The number of hydrogen-bond donors (Lipinski definition) is 0. The zero-order valence-corrected chi connectivity index (χ0v) is 12.6. The van der Waals surface area contributed by atoms with E-state index in [0.29, 0.717) is 0 Å². The van der Waals surface area contributed by atoms with E-state index in [4.69, 9.17) is 17.7 Å². The van der Waals surface area contributed by atoms with Gasteiger partial charge in [0.15, 0.2) is 0 Å². The fourth-order valence-corrected chi connectivity index (χ4v) is 7.55. The summed E-state index contributed by atoms with van der Waals surface area (Å²) >= 11 is 0. The Kier molecular flexibility index (Phi) is 7.67. The molecule has 0 bridgehead atoms. The van der Waals surface area contributed by atoms with Gasteiger partial charge in [-0.25, -0.2) is 0 Å². The number of rotatable bonds is 8. The molecule has 0 aliphatic carbocycles. The molecule has 1 radical (unpaired) electrons. The lowest BCUT2D eigenvalue weighted by atomic mass is 10.4. The van der Waals surface area contributed by atoms with Gasteiger partial charge in [0.1, 0.15) is 0 Å². The van der Waals surface area contributed by atoms with Crippen molar-refractivity contribution in [2.24, 2.45) is 0 Å². The predicted molar refractivity (Wildman–Crippen MR) is 64.1 cm³/mol. The van der Waals surface area contributed by atoms with Gasteiger partial charge in [0.2, 0.25) is 0 Å². The minimum Gasteiger partial charge on any atom is -0.398 e. The van der Waals surface area contributed by atoms with Crippen molar-refractivity contribution in [2.45, 2.75) is 31.5 Å². The smallest absolute Gasteiger partial charge is 0.389 e. The van der Waals surface area contributed by atoms with Crippen molar-refractivity contribution >= 4 is 17.8 Å². The Labute approximate surface area is 96.0 Å². The van der Waals surface area contributed by atoms with Crippen LogP contribution in [0.5, 0.6) is 0 Å². The van der Waals surface area contributed by atoms with E-state index < -0.39 is 17.8 Å². The monoisotopic (exact) mass is 251 g/mol. The van der Waals surface area contributed by atoms with Crippen molar-refractivity contribution in [1.29, 1.82) is 0 Å². The van der Waals surface area contributed by atoms with Crippen LogP contribution < -0.4 is 0 Å². The molecule has 91 valence electrons. The third kappa shape index (κ3) is 3.97. The second kappa shape index (κ2) is 7.53. The minimum atomic E-state index is -2.16. The molecule has 0 heterocycles. The molecule has 6 heteroatoms. The average molecular weight is 251 g/mol. The summed E-state index contributed by atoms with van der Waals surface area (Å²) in [5.74, 6) is 0. The Bertz CT molecular complexity index is 160. The van der Waals surface area contributed by atoms with E-state index in [-0.39, 0.29) is 5.16 Å². The molecule has 0 aromatic carbocycles. The zero-order chi connectivity index (χ0) is 11.9. The van der Waals surface area contributed by atoms with Crippen molar-refractivity contribution < 1.29 is 17.7 Å². The van der Waals surface area contributed by atoms with E-state index in [2.05, 4.69) is 13.5 Å². The van der Waals surface area contributed by atoms with E-state index in [9.17, 15) is 0 Å². The van der Waals surface area contributed by atoms with Gasteiger partial charge in [0.25, 0.3) is 0 Å². The van der Waals surface area contributed by atoms with Gasteiger partial charge < -0.3 is 17.7 Å². The van der Waals surface area contributed by atoms with E-state index in [1.165, 1.54) is 0 Å². The van der Waals surface area contributed by atoms with Crippen LogP contribution in [0.25, 0.3) is 0 Å². The Morgan fingerprint density at radius 3 is 1.80 bits per heavy atom. The average Bonchev–Trinajstić information content (AvgIpc) is 2.28. The highest BCUT2D eigenvalue weighted by atomic mass is 28.4. The lowest BCUT2D eigenvalue weighted by Crippen LogP contribution is -2.49. The highest BCUT2D eigenvalue weighted by Crippen LogP contribution is 2.31. The third-order valence-corrected chi connectivity index (χ3v) is 9.83. The van der Waals surface area contributed by atoms with Gasteiger partial charge in [-0.1, -0.05) is 13.3 Å². The Balaban J connectivity index is 4.74. The van der Waals surface area contributed by atoms with Crippen LogP contribution in [0.1, 0.15) is 19.8 Å². The summed E-state index contributed by atoms with van der Waals surface area (Å²) in [5.41, 5.74) is 0. The fraction of sp³-hybridized carbons (Fsp3) is 1.00. The summed E-state index contributed by atoms with van der Waals surface area (Å²) in [6.07, 6.45) is 2.11. The van der Waals surface area contributed by atoms with E-state index in [1.807, 2.05) is 0 Å². The van der Waals surface area contributed by atoms with Crippen molar-refractivity contribution in [3.05, 3.63) is 0 Å². The molecular weight excluding hydrogens is 228 g/mol. The lowest BCUT2D eigenvalue weighted by molar-refractivity contribution is 0.220. The van der Waals surface area contributed by atoms with Gasteiger partial charge in [-0.2, -0.15) is 0 Å². The van der Waals surface area contributed by atoms with Crippen LogP contribution in [-0.4, -0.2) is 46.3 Å².